The quantitative estimate of drug-likeness (QED) is 0.890. The van der Waals surface area contributed by atoms with Gasteiger partial charge in [0.2, 0.25) is 11.8 Å². The van der Waals surface area contributed by atoms with E-state index in [1.54, 1.807) is 31.3 Å². The number of nitrogens with one attached hydrogen (secondary N) is 1. The van der Waals surface area contributed by atoms with Crippen LogP contribution in [0.4, 0.5) is 5.69 Å². The minimum absolute atomic E-state index is 0.0275. The first-order valence-corrected chi connectivity index (χ1v) is 7.15. The van der Waals surface area contributed by atoms with Crippen molar-refractivity contribution in [1.82, 2.24) is 9.88 Å². The van der Waals surface area contributed by atoms with Crippen molar-refractivity contribution >= 4 is 11.6 Å². The number of aromatic nitrogens is 1. The number of anilines is 1. The predicted octanol–water partition coefficient (Wildman–Crippen LogP) is 2.55. The second kappa shape index (κ2) is 7.45. The molecule has 0 unspecified atom stereocenters. The third-order valence-corrected chi connectivity index (χ3v) is 3.34. The average molecular weight is 299 g/mol. The SMILES string of the molecule is COc1ccc(N[C@H](C)C(=O)N(C)Cc2ccccc2)cn1. The van der Waals surface area contributed by atoms with Gasteiger partial charge in [-0.3, -0.25) is 4.79 Å². The van der Waals surface area contributed by atoms with Crippen LogP contribution >= 0.6 is 0 Å². The Morgan fingerprint density at radius 1 is 1.27 bits per heavy atom. The van der Waals surface area contributed by atoms with Crippen molar-refractivity contribution in [2.45, 2.75) is 19.5 Å². The van der Waals surface area contributed by atoms with Crippen molar-refractivity contribution in [3.63, 3.8) is 0 Å². The van der Waals surface area contributed by atoms with Crippen LogP contribution in [0.2, 0.25) is 0 Å². The van der Waals surface area contributed by atoms with Gasteiger partial charge in [0, 0.05) is 19.7 Å². The Morgan fingerprint density at radius 3 is 2.59 bits per heavy atom. The molecule has 1 aromatic carbocycles. The largest absolute Gasteiger partial charge is 0.481 e. The van der Waals surface area contributed by atoms with Gasteiger partial charge in [0.1, 0.15) is 6.04 Å². The molecule has 2 rings (SSSR count). The predicted molar refractivity (Wildman–Crippen MR) is 86.8 cm³/mol. The summed E-state index contributed by atoms with van der Waals surface area (Å²) in [6.45, 7) is 2.43. The van der Waals surface area contributed by atoms with Crippen molar-refractivity contribution in [2.24, 2.45) is 0 Å². The minimum atomic E-state index is -0.330. The third-order valence-electron chi connectivity index (χ3n) is 3.34. The number of rotatable bonds is 6. The van der Waals surface area contributed by atoms with Crippen LogP contribution in [-0.4, -0.2) is 36.0 Å². The Hall–Kier alpha value is -2.56. The molecule has 0 bridgehead atoms. The number of carbonyl (C=O) groups excluding carboxylic acids is 1. The van der Waals surface area contributed by atoms with Crippen molar-refractivity contribution < 1.29 is 9.53 Å². The molecule has 5 heteroatoms. The maximum atomic E-state index is 12.4. The Bertz CT molecular complexity index is 599. The van der Waals surface area contributed by atoms with Gasteiger partial charge in [-0.2, -0.15) is 0 Å². The Morgan fingerprint density at radius 2 is 2.00 bits per heavy atom. The molecule has 1 aromatic heterocycles. The fraction of sp³-hybridized carbons (Fsp3) is 0.294. The van der Waals surface area contributed by atoms with E-state index in [1.165, 1.54) is 0 Å². The number of carbonyl (C=O) groups is 1. The molecule has 0 fully saturated rings. The van der Waals surface area contributed by atoms with E-state index in [2.05, 4.69) is 10.3 Å². The topological polar surface area (TPSA) is 54.5 Å². The highest BCUT2D eigenvalue weighted by atomic mass is 16.5. The van der Waals surface area contributed by atoms with E-state index < -0.39 is 0 Å². The number of ether oxygens (including phenoxy) is 1. The van der Waals surface area contributed by atoms with E-state index in [-0.39, 0.29) is 11.9 Å². The number of benzene rings is 1. The normalized spacial score (nSPS) is 11.6. The van der Waals surface area contributed by atoms with E-state index in [4.69, 9.17) is 4.74 Å². The van der Waals surface area contributed by atoms with E-state index in [9.17, 15) is 4.79 Å². The van der Waals surface area contributed by atoms with Crippen LogP contribution in [0.25, 0.3) is 0 Å². The first kappa shape index (κ1) is 15.8. The van der Waals surface area contributed by atoms with Crippen LogP contribution in [0.3, 0.4) is 0 Å². The van der Waals surface area contributed by atoms with Crippen LogP contribution in [-0.2, 0) is 11.3 Å². The van der Waals surface area contributed by atoms with Gasteiger partial charge >= 0.3 is 0 Å². The van der Waals surface area contributed by atoms with Crippen molar-refractivity contribution in [3.05, 3.63) is 54.2 Å². The van der Waals surface area contributed by atoms with Crippen LogP contribution < -0.4 is 10.1 Å². The molecule has 0 saturated carbocycles. The van der Waals surface area contributed by atoms with Crippen LogP contribution in [0.5, 0.6) is 5.88 Å². The van der Waals surface area contributed by atoms with Gasteiger partial charge in [0.05, 0.1) is 19.0 Å². The zero-order valence-corrected chi connectivity index (χ0v) is 13.1. The van der Waals surface area contributed by atoms with Crippen molar-refractivity contribution in [2.75, 3.05) is 19.5 Å². The number of nitrogens with zero attached hydrogens (tertiary/aromatic N) is 2. The number of hydrogen-bond acceptors (Lipinski definition) is 4. The fourth-order valence-electron chi connectivity index (χ4n) is 2.16. The molecular weight excluding hydrogens is 278 g/mol. The summed E-state index contributed by atoms with van der Waals surface area (Å²) in [4.78, 5) is 18.2. The molecule has 1 atom stereocenters. The molecule has 1 N–H and O–H groups in total. The lowest BCUT2D eigenvalue weighted by molar-refractivity contribution is -0.130. The molecule has 116 valence electrons. The molecule has 0 aliphatic heterocycles. The van der Waals surface area contributed by atoms with E-state index in [0.29, 0.717) is 12.4 Å². The summed E-state index contributed by atoms with van der Waals surface area (Å²) >= 11 is 0. The number of likely N-dealkylation sites (N-methyl/N-ethyl adjacent to an activating group) is 1. The van der Waals surface area contributed by atoms with Gasteiger partial charge in [-0.25, -0.2) is 4.98 Å². The molecule has 0 aliphatic rings. The number of hydrogen-bond donors (Lipinski definition) is 1. The van der Waals surface area contributed by atoms with Crippen molar-refractivity contribution in [3.8, 4) is 5.88 Å². The van der Waals surface area contributed by atoms with Gasteiger partial charge in [0.15, 0.2) is 0 Å². The summed E-state index contributed by atoms with van der Waals surface area (Å²) in [5.74, 6) is 0.574. The molecule has 0 aliphatic carbocycles. The van der Waals surface area contributed by atoms with Gasteiger partial charge < -0.3 is 15.0 Å². The monoisotopic (exact) mass is 299 g/mol. The van der Waals surface area contributed by atoms with Crippen LogP contribution in [0.15, 0.2) is 48.7 Å². The van der Waals surface area contributed by atoms with Gasteiger partial charge in [0.25, 0.3) is 0 Å². The molecule has 1 amide bonds. The first-order chi connectivity index (χ1) is 10.6. The molecule has 5 nitrogen and oxygen atoms in total. The highest BCUT2D eigenvalue weighted by molar-refractivity contribution is 5.84. The Kier molecular flexibility index (Phi) is 5.36. The molecule has 0 radical (unpaired) electrons. The lowest BCUT2D eigenvalue weighted by atomic mass is 10.2. The number of pyridine rings is 1. The molecule has 22 heavy (non-hydrogen) atoms. The van der Waals surface area contributed by atoms with E-state index >= 15 is 0 Å². The summed E-state index contributed by atoms with van der Waals surface area (Å²) in [6.07, 6.45) is 1.65. The third kappa shape index (κ3) is 4.22. The highest BCUT2D eigenvalue weighted by Gasteiger charge is 2.17. The second-order valence-electron chi connectivity index (χ2n) is 5.14. The molecule has 0 spiro atoms. The zero-order chi connectivity index (χ0) is 15.9. The maximum absolute atomic E-state index is 12.4. The van der Waals surface area contributed by atoms with Crippen molar-refractivity contribution in [1.29, 1.82) is 0 Å². The van der Waals surface area contributed by atoms with Crippen LogP contribution in [0, 0.1) is 0 Å². The number of amides is 1. The number of methoxy groups -OCH3 is 1. The zero-order valence-electron chi connectivity index (χ0n) is 13.1. The average Bonchev–Trinajstić information content (AvgIpc) is 2.55. The van der Waals surface area contributed by atoms with E-state index in [0.717, 1.165) is 11.3 Å². The van der Waals surface area contributed by atoms with Gasteiger partial charge in [-0.1, -0.05) is 30.3 Å². The minimum Gasteiger partial charge on any atom is -0.481 e. The summed E-state index contributed by atoms with van der Waals surface area (Å²) in [5, 5.41) is 3.15. The second-order valence-corrected chi connectivity index (χ2v) is 5.14. The molecule has 1 heterocycles. The maximum Gasteiger partial charge on any atom is 0.244 e. The lowest BCUT2D eigenvalue weighted by Crippen LogP contribution is -2.38. The highest BCUT2D eigenvalue weighted by Crippen LogP contribution is 2.13. The molecular formula is C17H21N3O2. The Balaban J connectivity index is 1.93. The fourth-order valence-corrected chi connectivity index (χ4v) is 2.16. The van der Waals surface area contributed by atoms with Crippen LogP contribution in [0.1, 0.15) is 12.5 Å². The molecule has 2 aromatic rings. The van der Waals surface area contributed by atoms with Gasteiger partial charge in [-0.05, 0) is 18.6 Å². The smallest absolute Gasteiger partial charge is 0.244 e. The first-order valence-electron chi connectivity index (χ1n) is 7.15. The standard InChI is InChI=1S/C17H21N3O2/c1-13(19-15-9-10-16(22-3)18-11-15)17(21)20(2)12-14-7-5-4-6-8-14/h4-11,13,19H,12H2,1-3H3/t13-/m1/s1. The molecule has 0 saturated heterocycles. The summed E-state index contributed by atoms with van der Waals surface area (Å²) < 4.78 is 5.01. The van der Waals surface area contributed by atoms with E-state index in [1.807, 2.05) is 43.3 Å². The lowest BCUT2D eigenvalue weighted by Gasteiger charge is -2.22. The summed E-state index contributed by atoms with van der Waals surface area (Å²) in [5.41, 5.74) is 1.89. The van der Waals surface area contributed by atoms with Gasteiger partial charge in [-0.15, -0.1) is 0 Å². The summed E-state index contributed by atoms with van der Waals surface area (Å²) in [7, 11) is 3.37. The Labute approximate surface area is 130 Å². The summed E-state index contributed by atoms with van der Waals surface area (Å²) in [6, 6.07) is 13.2.